The Morgan fingerprint density at radius 2 is 1.93 bits per heavy atom. The van der Waals surface area contributed by atoms with Gasteiger partial charge in [0.25, 0.3) is 11.5 Å². The molecule has 4 rings (SSSR count). The van der Waals surface area contributed by atoms with Crippen molar-refractivity contribution in [1.82, 2.24) is 19.9 Å². The molecule has 8 heteroatoms. The van der Waals surface area contributed by atoms with E-state index in [1.165, 1.54) is 31.5 Å². The van der Waals surface area contributed by atoms with Gasteiger partial charge in [-0.05, 0) is 49.7 Å². The van der Waals surface area contributed by atoms with E-state index in [1.54, 1.807) is 0 Å². The molecule has 1 fully saturated rings. The number of aromatic amines is 2. The number of nitrogens with zero attached hydrogens (tertiary/aromatic N) is 2. The first-order valence-corrected chi connectivity index (χ1v) is 9.33. The third-order valence-electron chi connectivity index (χ3n) is 4.89. The Bertz CT molecular complexity index is 1130. The Labute approximate surface area is 160 Å². The van der Waals surface area contributed by atoms with Gasteiger partial charge in [-0.25, -0.2) is 9.78 Å². The number of fused-ring (bicyclic) bond motifs is 1. The first kappa shape index (κ1) is 18.1. The maximum absolute atomic E-state index is 12.6. The van der Waals surface area contributed by atoms with Gasteiger partial charge in [0.05, 0.1) is 10.9 Å². The summed E-state index contributed by atoms with van der Waals surface area (Å²) in [6.45, 7) is 3.08. The van der Waals surface area contributed by atoms with Crippen molar-refractivity contribution in [3.63, 3.8) is 0 Å². The van der Waals surface area contributed by atoms with E-state index in [0.29, 0.717) is 5.69 Å². The van der Waals surface area contributed by atoms with Crippen molar-refractivity contribution in [2.75, 3.05) is 18.4 Å². The molecule has 0 atom stereocenters. The molecule has 0 aliphatic carbocycles. The van der Waals surface area contributed by atoms with E-state index in [-0.39, 0.29) is 22.5 Å². The highest BCUT2D eigenvalue weighted by Gasteiger charge is 2.13. The van der Waals surface area contributed by atoms with Crippen molar-refractivity contribution < 1.29 is 4.79 Å². The first-order valence-electron chi connectivity index (χ1n) is 9.33. The number of hydrogen-bond donors (Lipinski definition) is 3. The second-order valence-corrected chi connectivity index (χ2v) is 7.02. The summed E-state index contributed by atoms with van der Waals surface area (Å²) in [5.41, 5.74) is 1.01. The number of H-pyrrole nitrogens is 2. The van der Waals surface area contributed by atoms with Crippen LogP contribution in [0.5, 0.6) is 0 Å². The van der Waals surface area contributed by atoms with Gasteiger partial charge in [-0.3, -0.25) is 24.5 Å². The van der Waals surface area contributed by atoms with Gasteiger partial charge >= 0.3 is 5.69 Å². The molecule has 0 saturated carbocycles. The summed E-state index contributed by atoms with van der Waals surface area (Å²) in [6, 6.07) is 9.19. The van der Waals surface area contributed by atoms with Gasteiger partial charge < -0.3 is 5.32 Å². The highest BCUT2D eigenvalue weighted by atomic mass is 16.2. The molecule has 3 N–H and O–H groups in total. The zero-order chi connectivity index (χ0) is 19.5. The first-order chi connectivity index (χ1) is 13.6. The standard InChI is InChI=1S/C20H21N5O3/c26-18(14-10-16-17(21-11-14)23-20(28)24-19(16)27)22-15-6-4-5-13(9-15)12-25-7-2-1-3-8-25/h4-6,9-11H,1-3,7-8,12H2,(H,22,26)(H2,21,23,24,27,28). The molecule has 1 amide bonds. The van der Waals surface area contributed by atoms with Crippen molar-refractivity contribution >= 4 is 22.6 Å². The highest BCUT2D eigenvalue weighted by molar-refractivity contribution is 6.05. The fourth-order valence-corrected chi connectivity index (χ4v) is 3.50. The fourth-order valence-electron chi connectivity index (χ4n) is 3.50. The van der Waals surface area contributed by atoms with Gasteiger partial charge in [-0.2, -0.15) is 0 Å². The largest absolute Gasteiger partial charge is 0.327 e. The minimum absolute atomic E-state index is 0.147. The van der Waals surface area contributed by atoms with Crippen LogP contribution >= 0.6 is 0 Å². The van der Waals surface area contributed by atoms with Crippen LogP contribution in [0, 0.1) is 0 Å². The Morgan fingerprint density at radius 1 is 1.11 bits per heavy atom. The van der Waals surface area contributed by atoms with E-state index in [1.807, 2.05) is 18.2 Å². The summed E-state index contributed by atoms with van der Waals surface area (Å²) in [5, 5.41) is 3.01. The molecule has 144 valence electrons. The van der Waals surface area contributed by atoms with Crippen LogP contribution < -0.4 is 16.6 Å². The molecule has 3 heterocycles. The van der Waals surface area contributed by atoms with E-state index in [9.17, 15) is 14.4 Å². The van der Waals surface area contributed by atoms with Gasteiger partial charge in [-0.15, -0.1) is 0 Å². The van der Waals surface area contributed by atoms with Crippen LogP contribution in [0.15, 0.2) is 46.1 Å². The predicted octanol–water partition coefficient (Wildman–Crippen LogP) is 1.85. The van der Waals surface area contributed by atoms with E-state index in [0.717, 1.165) is 25.2 Å². The minimum Gasteiger partial charge on any atom is -0.322 e. The number of benzene rings is 1. The molecule has 1 aliphatic rings. The lowest BCUT2D eigenvalue weighted by Crippen LogP contribution is -2.29. The molecule has 28 heavy (non-hydrogen) atoms. The number of rotatable bonds is 4. The monoisotopic (exact) mass is 379 g/mol. The Hall–Kier alpha value is -3.26. The fraction of sp³-hybridized carbons (Fsp3) is 0.300. The van der Waals surface area contributed by atoms with Crippen LogP contribution in [-0.2, 0) is 6.54 Å². The lowest BCUT2D eigenvalue weighted by molar-refractivity contribution is 0.102. The van der Waals surface area contributed by atoms with Crippen molar-refractivity contribution in [2.45, 2.75) is 25.8 Å². The topological polar surface area (TPSA) is 111 Å². The molecule has 8 nitrogen and oxygen atoms in total. The summed E-state index contributed by atoms with van der Waals surface area (Å²) >= 11 is 0. The minimum atomic E-state index is -0.632. The third kappa shape index (κ3) is 4.01. The number of likely N-dealkylation sites (tertiary alicyclic amines) is 1. The molecular formula is C20H21N5O3. The number of piperidine rings is 1. The van der Waals surface area contributed by atoms with Crippen LogP contribution in [0.4, 0.5) is 5.69 Å². The Kier molecular flexibility index (Phi) is 5.03. The summed E-state index contributed by atoms with van der Waals surface area (Å²) < 4.78 is 0. The molecule has 1 saturated heterocycles. The summed E-state index contributed by atoms with van der Waals surface area (Å²) in [4.78, 5) is 46.8. The number of anilines is 1. The number of amides is 1. The van der Waals surface area contributed by atoms with E-state index >= 15 is 0 Å². The molecule has 3 aromatic rings. The molecule has 0 bridgehead atoms. The molecule has 1 aliphatic heterocycles. The van der Waals surface area contributed by atoms with Crippen LogP contribution in [0.1, 0.15) is 35.2 Å². The second kappa shape index (κ2) is 7.77. The zero-order valence-corrected chi connectivity index (χ0v) is 15.3. The van der Waals surface area contributed by atoms with Gasteiger partial charge in [0.15, 0.2) is 0 Å². The van der Waals surface area contributed by atoms with Crippen LogP contribution in [0.2, 0.25) is 0 Å². The summed E-state index contributed by atoms with van der Waals surface area (Å²) in [7, 11) is 0. The third-order valence-corrected chi connectivity index (χ3v) is 4.89. The molecule has 1 aromatic carbocycles. The number of carbonyl (C=O) groups is 1. The number of nitrogens with one attached hydrogen (secondary N) is 3. The Morgan fingerprint density at radius 3 is 2.75 bits per heavy atom. The van der Waals surface area contributed by atoms with E-state index in [4.69, 9.17) is 0 Å². The van der Waals surface area contributed by atoms with E-state index < -0.39 is 11.2 Å². The second-order valence-electron chi connectivity index (χ2n) is 7.02. The van der Waals surface area contributed by atoms with Gasteiger partial charge in [-0.1, -0.05) is 18.6 Å². The average Bonchev–Trinajstić information content (AvgIpc) is 2.68. The number of hydrogen-bond acceptors (Lipinski definition) is 5. The van der Waals surface area contributed by atoms with Crippen molar-refractivity contribution in [2.24, 2.45) is 0 Å². The number of carbonyl (C=O) groups excluding carboxylic acids is 1. The normalized spacial score (nSPS) is 14.9. The number of aromatic nitrogens is 3. The summed E-state index contributed by atoms with van der Waals surface area (Å²) in [6.07, 6.45) is 5.10. The SMILES string of the molecule is O=C(Nc1cccc(CN2CCCCC2)c1)c1cnc2[nH]c(=O)[nH]c(=O)c2c1. The lowest BCUT2D eigenvalue weighted by Gasteiger charge is -2.26. The maximum Gasteiger partial charge on any atom is 0.327 e. The van der Waals surface area contributed by atoms with Crippen LogP contribution in [-0.4, -0.2) is 38.8 Å². The van der Waals surface area contributed by atoms with Crippen molar-refractivity contribution in [3.05, 3.63) is 68.5 Å². The lowest BCUT2D eigenvalue weighted by atomic mass is 10.1. The van der Waals surface area contributed by atoms with Crippen molar-refractivity contribution in [1.29, 1.82) is 0 Å². The van der Waals surface area contributed by atoms with Crippen LogP contribution in [0.25, 0.3) is 11.0 Å². The van der Waals surface area contributed by atoms with Gasteiger partial charge in [0, 0.05) is 18.4 Å². The number of pyridine rings is 1. The molecule has 0 unspecified atom stereocenters. The Balaban J connectivity index is 1.52. The molecule has 0 radical (unpaired) electrons. The molecule has 2 aromatic heterocycles. The molecule has 0 spiro atoms. The maximum atomic E-state index is 12.6. The quantitative estimate of drug-likeness (QED) is 0.641. The zero-order valence-electron chi connectivity index (χ0n) is 15.3. The smallest absolute Gasteiger partial charge is 0.322 e. The molecular weight excluding hydrogens is 358 g/mol. The predicted molar refractivity (Wildman–Crippen MR) is 107 cm³/mol. The summed E-state index contributed by atoms with van der Waals surface area (Å²) in [5.74, 6) is -0.366. The van der Waals surface area contributed by atoms with Gasteiger partial charge in [0.2, 0.25) is 0 Å². The van der Waals surface area contributed by atoms with Crippen LogP contribution in [0.3, 0.4) is 0 Å². The van der Waals surface area contributed by atoms with E-state index in [2.05, 4.69) is 31.2 Å². The highest BCUT2D eigenvalue weighted by Crippen LogP contribution is 2.17. The average molecular weight is 379 g/mol. The van der Waals surface area contributed by atoms with Crippen molar-refractivity contribution in [3.8, 4) is 0 Å². The van der Waals surface area contributed by atoms with Gasteiger partial charge in [0.1, 0.15) is 5.65 Å².